The Morgan fingerprint density at radius 3 is 2.52 bits per heavy atom. The van der Waals surface area contributed by atoms with E-state index in [4.69, 9.17) is 12.2 Å². The van der Waals surface area contributed by atoms with Crippen LogP contribution in [0.15, 0.2) is 34.0 Å². The molecular weight excluding hydrogens is 458 g/mol. The van der Waals surface area contributed by atoms with Gasteiger partial charge in [0.2, 0.25) is 5.88 Å². The molecule has 0 unspecified atom stereocenters. The van der Waals surface area contributed by atoms with E-state index in [1.165, 1.54) is 23.6 Å². The second kappa shape index (κ2) is 10.1. The van der Waals surface area contributed by atoms with Crippen LogP contribution in [0.3, 0.4) is 0 Å². The summed E-state index contributed by atoms with van der Waals surface area (Å²) in [6.45, 7) is 5.49. The van der Waals surface area contributed by atoms with Crippen molar-refractivity contribution in [2.45, 2.75) is 40.2 Å². The molecule has 0 radical (unpaired) electrons. The number of benzene rings is 1. The molecule has 2 heterocycles. The Labute approximate surface area is 201 Å². The molecule has 170 valence electrons. The highest BCUT2D eigenvalue weighted by Gasteiger charge is 2.32. The lowest BCUT2D eigenvalue weighted by molar-refractivity contribution is -0.122. The smallest absolute Gasteiger partial charge is 0.271 e. The summed E-state index contributed by atoms with van der Waals surface area (Å²) in [5.74, 6) is -1.04. The lowest BCUT2D eigenvalue weighted by Gasteiger charge is -2.16. The van der Waals surface area contributed by atoms with Gasteiger partial charge < -0.3 is 5.11 Å². The zero-order valence-electron chi connectivity index (χ0n) is 18.5. The Bertz CT molecular complexity index is 1270. The molecular formula is C24H23N3O4S2. The first-order chi connectivity index (χ1) is 15.7. The van der Waals surface area contributed by atoms with Crippen molar-refractivity contribution < 1.29 is 14.7 Å². The SMILES string of the molecule is CCn1c(O)c(C(=O)CCCN2C(=O)/C(=C/c3ccc(C)cc3)SC2=S)c(C)c(C#N)c1=O. The molecule has 3 rings (SSSR count). The second-order valence-corrected chi connectivity index (χ2v) is 9.31. The molecule has 9 heteroatoms. The van der Waals surface area contributed by atoms with Gasteiger partial charge in [0.1, 0.15) is 16.0 Å². The highest BCUT2D eigenvalue weighted by Crippen LogP contribution is 2.33. The Morgan fingerprint density at radius 1 is 1.24 bits per heavy atom. The summed E-state index contributed by atoms with van der Waals surface area (Å²) < 4.78 is 1.44. The Hall–Kier alpha value is -3.22. The molecule has 33 heavy (non-hydrogen) atoms. The number of aryl methyl sites for hydroxylation is 1. The summed E-state index contributed by atoms with van der Waals surface area (Å²) in [6.07, 6.45) is 2.13. The number of aromatic hydroxyl groups is 1. The van der Waals surface area contributed by atoms with Crippen molar-refractivity contribution in [3.63, 3.8) is 0 Å². The number of amides is 1. The fourth-order valence-electron chi connectivity index (χ4n) is 3.61. The first-order valence-corrected chi connectivity index (χ1v) is 11.6. The van der Waals surface area contributed by atoms with Crippen LogP contribution in [0, 0.1) is 25.2 Å². The summed E-state index contributed by atoms with van der Waals surface area (Å²) in [5, 5.41) is 19.8. The molecule has 0 spiro atoms. The summed E-state index contributed by atoms with van der Waals surface area (Å²) in [4.78, 5) is 39.9. The van der Waals surface area contributed by atoms with E-state index in [-0.39, 0.29) is 42.1 Å². The van der Waals surface area contributed by atoms with Crippen LogP contribution in [0.25, 0.3) is 6.08 Å². The van der Waals surface area contributed by atoms with E-state index in [9.17, 15) is 24.8 Å². The van der Waals surface area contributed by atoms with E-state index in [0.29, 0.717) is 15.6 Å². The van der Waals surface area contributed by atoms with Crippen LogP contribution in [-0.4, -0.2) is 37.1 Å². The molecule has 1 aromatic heterocycles. The minimum Gasteiger partial charge on any atom is -0.494 e. The van der Waals surface area contributed by atoms with E-state index in [1.54, 1.807) is 13.0 Å². The summed E-state index contributed by atoms with van der Waals surface area (Å²) >= 11 is 6.58. The number of rotatable bonds is 7. The van der Waals surface area contributed by atoms with Crippen molar-refractivity contribution in [1.82, 2.24) is 9.47 Å². The maximum absolute atomic E-state index is 12.9. The molecule has 0 aliphatic carbocycles. The van der Waals surface area contributed by atoms with Crippen molar-refractivity contribution in [2.24, 2.45) is 0 Å². The topological polar surface area (TPSA) is 103 Å². The number of pyridine rings is 1. The number of carbonyl (C=O) groups is 2. The average Bonchev–Trinajstić information content (AvgIpc) is 3.03. The molecule has 1 amide bonds. The first kappa shape index (κ1) is 24.4. The number of hydrogen-bond acceptors (Lipinski definition) is 7. The van der Waals surface area contributed by atoms with Gasteiger partial charge in [-0.05, 0) is 44.4 Å². The minimum absolute atomic E-state index is 0.0231. The van der Waals surface area contributed by atoms with Crippen LogP contribution in [0.5, 0.6) is 5.88 Å². The Morgan fingerprint density at radius 2 is 1.91 bits per heavy atom. The Balaban J connectivity index is 1.72. The van der Waals surface area contributed by atoms with E-state index < -0.39 is 17.2 Å². The van der Waals surface area contributed by atoms with Crippen LogP contribution in [0.4, 0.5) is 0 Å². The van der Waals surface area contributed by atoms with Gasteiger partial charge in [0.25, 0.3) is 11.5 Å². The molecule has 1 N–H and O–H groups in total. The number of ketones is 1. The van der Waals surface area contributed by atoms with Crippen molar-refractivity contribution in [3.8, 4) is 11.9 Å². The Kier molecular flexibility index (Phi) is 7.51. The van der Waals surface area contributed by atoms with Gasteiger partial charge in [0.15, 0.2) is 5.78 Å². The summed E-state index contributed by atoms with van der Waals surface area (Å²) in [5.41, 5.74) is 1.39. The van der Waals surface area contributed by atoms with Gasteiger partial charge in [0, 0.05) is 19.5 Å². The average molecular weight is 482 g/mol. The van der Waals surface area contributed by atoms with Gasteiger partial charge >= 0.3 is 0 Å². The molecule has 2 aromatic rings. The molecule has 1 aliphatic rings. The lowest BCUT2D eigenvalue weighted by Crippen LogP contribution is -2.29. The monoisotopic (exact) mass is 481 g/mol. The number of aromatic nitrogens is 1. The summed E-state index contributed by atoms with van der Waals surface area (Å²) in [6, 6.07) is 9.62. The molecule has 1 fully saturated rings. The van der Waals surface area contributed by atoms with Crippen molar-refractivity contribution >= 4 is 46.1 Å². The van der Waals surface area contributed by atoms with Gasteiger partial charge in [-0.1, -0.05) is 53.8 Å². The van der Waals surface area contributed by atoms with Crippen molar-refractivity contribution in [2.75, 3.05) is 6.54 Å². The van der Waals surface area contributed by atoms with E-state index in [2.05, 4.69) is 0 Å². The molecule has 1 aliphatic heterocycles. The third kappa shape index (κ3) is 4.92. The fraction of sp³-hybridized carbons (Fsp3) is 0.292. The van der Waals surface area contributed by atoms with E-state index >= 15 is 0 Å². The summed E-state index contributed by atoms with van der Waals surface area (Å²) in [7, 11) is 0. The number of hydrogen-bond donors (Lipinski definition) is 1. The second-order valence-electron chi connectivity index (χ2n) is 7.63. The van der Waals surface area contributed by atoms with Crippen LogP contribution in [0.2, 0.25) is 0 Å². The van der Waals surface area contributed by atoms with Gasteiger partial charge in [-0.2, -0.15) is 5.26 Å². The zero-order valence-corrected chi connectivity index (χ0v) is 20.2. The highest BCUT2D eigenvalue weighted by atomic mass is 32.2. The quantitative estimate of drug-likeness (QED) is 0.363. The molecule has 7 nitrogen and oxygen atoms in total. The molecule has 0 bridgehead atoms. The van der Waals surface area contributed by atoms with Gasteiger partial charge in [-0.3, -0.25) is 23.9 Å². The van der Waals surface area contributed by atoms with Crippen LogP contribution in [-0.2, 0) is 11.3 Å². The normalized spacial score (nSPS) is 14.7. The number of nitriles is 1. The highest BCUT2D eigenvalue weighted by molar-refractivity contribution is 8.26. The van der Waals surface area contributed by atoms with Gasteiger partial charge in [0.05, 0.1) is 10.5 Å². The molecule has 0 saturated carbocycles. The first-order valence-electron chi connectivity index (χ1n) is 10.4. The lowest BCUT2D eigenvalue weighted by atomic mass is 9.99. The van der Waals surface area contributed by atoms with E-state index in [0.717, 1.165) is 15.7 Å². The van der Waals surface area contributed by atoms with Crippen molar-refractivity contribution in [3.05, 3.63) is 67.3 Å². The number of thiocarbonyl (C=S) groups is 1. The minimum atomic E-state index is -0.621. The third-order valence-corrected chi connectivity index (χ3v) is 6.81. The molecule has 1 saturated heterocycles. The number of nitrogens with zero attached hydrogens (tertiary/aromatic N) is 3. The predicted octanol–water partition coefficient (Wildman–Crippen LogP) is 3.93. The number of Topliss-reactive ketones (excluding diaryl/α,β-unsaturated/α-hetero) is 1. The number of carbonyl (C=O) groups excluding carboxylic acids is 2. The maximum atomic E-state index is 12.9. The predicted molar refractivity (Wildman–Crippen MR) is 132 cm³/mol. The standard InChI is InChI=1S/C24H23N3O4S2/c1-4-26-21(29)17(13-25)15(3)20(23(26)31)18(28)6-5-11-27-22(30)19(33-24(27)32)12-16-9-7-14(2)8-10-16/h7-10,12,31H,4-6,11H2,1-3H3/b19-12-. The largest absolute Gasteiger partial charge is 0.494 e. The van der Waals surface area contributed by atoms with Crippen LogP contribution < -0.4 is 5.56 Å². The molecule has 1 aromatic carbocycles. The third-order valence-electron chi connectivity index (χ3n) is 5.43. The maximum Gasteiger partial charge on any atom is 0.271 e. The van der Waals surface area contributed by atoms with Crippen molar-refractivity contribution in [1.29, 1.82) is 5.26 Å². The molecule has 0 atom stereocenters. The van der Waals surface area contributed by atoms with Gasteiger partial charge in [-0.25, -0.2) is 0 Å². The fourth-order valence-corrected chi connectivity index (χ4v) is 4.92. The van der Waals surface area contributed by atoms with Crippen LogP contribution >= 0.6 is 24.0 Å². The van der Waals surface area contributed by atoms with E-state index in [1.807, 2.05) is 37.3 Å². The number of thioether (sulfide) groups is 1. The van der Waals surface area contributed by atoms with Gasteiger partial charge in [-0.15, -0.1) is 0 Å². The van der Waals surface area contributed by atoms with Crippen LogP contribution in [0.1, 0.15) is 52.4 Å². The zero-order chi connectivity index (χ0) is 24.3.